The Kier molecular flexibility index (Phi) is 1.91. The van der Waals surface area contributed by atoms with Gasteiger partial charge in [-0.3, -0.25) is 10.0 Å². The van der Waals surface area contributed by atoms with E-state index in [1.165, 1.54) is 56.4 Å². The van der Waals surface area contributed by atoms with Crippen LogP contribution in [0.5, 0.6) is 0 Å². The standard InChI is InChI=1S/C13H19N3/c1-2-7-16-12(6-1)14-13-10-5-3-4-9(10)8-11(13)15-16/h9-10,12H,1-8H2. The van der Waals surface area contributed by atoms with Gasteiger partial charge in [-0.2, -0.15) is 5.10 Å². The number of rotatable bonds is 0. The minimum absolute atomic E-state index is 0.395. The lowest BCUT2D eigenvalue weighted by atomic mass is 9.99. The largest absolute Gasteiger partial charge is 0.272 e. The molecule has 86 valence electrons. The van der Waals surface area contributed by atoms with Crippen LogP contribution in [0.25, 0.3) is 0 Å². The van der Waals surface area contributed by atoms with Gasteiger partial charge in [0, 0.05) is 12.5 Å². The molecule has 0 amide bonds. The van der Waals surface area contributed by atoms with Crippen molar-refractivity contribution in [1.82, 2.24) is 5.01 Å². The molecule has 0 aromatic rings. The minimum Gasteiger partial charge on any atom is -0.272 e. The molecule has 0 radical (unpaired) electrons. The Hall–Kier alpha value is -0.860. The lowest BCUT2D eigenvalue weighted by molar-refractivity contribution is 0.157. The van der Waals surface area contributed by atoms with Crippen LogP contribution >= 0.6 is 0 Å². The van der Waals surface area contributed by atoms with Crippen molar-refractivity contribution in [3.63, 3.8) is 0 Å². The second kappa shape index (κ2) is 3.31. The maximum Gasteiger partial charge on any atom is 0.137 e. The Morgan fingerprint density at radius 1 is 1.06 bits per heavy atom. The van der Waals surface area contributed by atoms with Crippen molar-refractivity contribution in [2.75, 3.05) is 6.54 Å². The SMILES string of the molecule is C1CC2CC3=NN4CCCCC4N=C3C2C1. The second-order valence-electron chi connectivity index (χ2n) is 5.70. The molecule has 4 aliphatic rings. The van der Waals surface area contributed by atoms with Crippen LogP contribution in [0, 0.1) is 11.8 Å². The molecule has 2 saturated carbocycles. The van der Waals surface area contributed by atoms with Gasteiger partial charge in [-0.15, -0.1) is 0 Å². The summed E-state index contributed by atoms with van der Waals surface area (Å²) in [6.07, 6.45) is 9.65. The van der Waals surface area contributed by atoms with Crippen LogP contribution in [0.1, 0.15) is 44.9 Å². The van der Waals surface area contributed by atoms with Gasteiger partial charge in [0.15, 0.2) is 0 Å². The molecular weight excluding hydrogens is 198 g/mol. The Labute approximate surface area is 96.6 Å². The van der Waals surface area contributed by atoms with Crippen molar-refractivity contribution in [3.8, 4) is 0 Å². The molecule has 3 nitrogen and oxygen atoms in total. The third-order valence-corrected chi connectivity index (χ3v) is 4.74. The zero-order chi connectivity index (χ0) is 10.5. The number of nitrogens with zero attached hydrogens (tertiary/aromatic N) is 3. The van der Waals surface area contributed by atoms with Gasteiger partial charge in [-0.05, 0) is 44.4 Å². The highest BCUT2D eigenvalue weighted by Gasteiger charge is 2.43. The number of fused-ring (bicyclic) bond motifs is 4. The van der Waals surface area contributed by atoms with Crippen molar-refractivity contribution < 1.29 is 0 Å². The summed E-state index contributed by atoms with van der Waals surface area (Å²) in [7, 11) is 0. The third-order valence-electron chi connectivity index (χ3n) is 4.74. The Morgan fingerprint density at radius 2 is 2.06 bits per heavy atom. The first kappa shape index (κ1) is 9.20. The minimum atomic E-state index is 0.395. The van der Waals surface area contributed by atoms with Crippen LogP contribution in [0.2, 0.25) is 0 Å². The average Bonchev–Trinajstić information content (AvgIpc) is 2.86. The molecule has 2 aliphatic heterocycles. The number of hydrogen-bond acceptors (Lipinski definition) is 3. The zero-order valence-corrected chi connectivity index (χ0v) is 9.73. The highest BCUT2D eigenvalue weighted by molar-refractivity contribution is 6.45. The van der Waals surface area contributed by atoms with Crippen molar-refractivity contribution in [1.29, 1.82) is 0 Å². The van der Waals surface area contributed by atoms with E-state index < -0.39 is 0 Å². The van der Waals surface area contributed by atoms with Crippen LogP contribution < -0.4 is 0 Å². The molecule has 3 heteroatoms. The molecule has 2 heterocycles. The Morgan fingerprint density at radius 3 is 3.06 bits per heavy atom. The van der Waals surface area contributed by atoms with Gasteiger partial charge in [0.2, 0.25) is 0 Å². The van der Waals surface area contributed by atoms with Crippen molar-refractivity contribution in [3.05, 3.63) is 0 Å². The molecule has 3 atom stereocenters. The van der Waals surface area contributed by atoms with E-state index in [0.29, 0.717) is 6.17 Å². The maximum absolute atomic E-state index is 5.02. The molecule has 0 aromatic heterocycles. The quantitative estimate of drug-likeness (QED) is 0.612. The van der Waals surface area contributed by atoms with Crippen molar-refractivity contribution in [2.24, 2.45) is 21.9 Å². The van der Waals surface area contributed by atoms with E-state index in [1.807, 2.05) is 0 Å². The lowest BCUT2D eigenvalue weighted by Crippen LogP contribution is -2.40. The molecule has 3 unspecified atom stereocenters. The van der Waals surface area contributed by atoms with Gasteiger partial charge >= 0.3 is 0 Å². The molecular formula is C13H19N3. The first-order valence-electron chi connectivity index (χ1n) is 6.84. The topological polar surface area (TPSA) is 28.0 Å². The van der Waals surface area contributed by atoms with E-state index in [9.17, 15) is 0 Å². The third kappa shape index (κ3) is 1.20. The molecule has 1 saturated heterocycles. The van der Waals surface area contributed by atoms with Crippen LogP contribution in [0.3, 0.4) is 0 Å². The van der Waals surface area contributed by atoms with E-state index in [1.54, 1.807) is 0 Å². The molecule has 0 aromatic carbocycles. The molecule has 3 fully saturated rings. The summed E-state index contributed by atoms with van der Waals surface area (Å²) in [5, 5.41) is 7.12. The van der Waals surface area contributed by atoms with Crippen molar-refractivity contribution >= 4 is 11.4 Å². The number of piperidine rings is 1. The van der Waals surface area contributed by atoms with E-state index in [0.717, 1.165) is 18.4 Å². The van der Waals surface area contributed by atoms with Gasteiger partial charge in [0.05, 0.1) is 11.4 Å². The van der Waals surface area contributed by atoms with Crippen molar-refractivity contribution in [2.45, 2.75) is 51.1 Å². The summed E-state index contributed by atoms with van der Waals surface area (Å²) >= 11 is 0. The van der Waals surface area contributed by atoms with Gasteiger partial charge < -0.3 is 0 Å². The fourth-order valence-corrected chi connectivity index (χ4v) is 3.93. The first-order chi connectivity index (χ1) is 7.92. The summed E-state index contributed by atoms with van der Waals surface area (Å²) in [6, 6.07) is 0. The predicted octanol–water partition coefficient (Wildman–Crippen LogP) is 2.43. The maximum atomic E-state index is 5.02. The van der Waals surface area contributed by atoms with E-state index in [4.69, 9.17) is 10.1 Å². The summed E-state index contributed by atoms with van der Waals surface area (Å²) < 4.78 is 0. The van der Waals surface area contributed by atoms with Crippen LogP contribution in [0.15, 0.2) is 10.1 Å². The Bertz CT molecular complexity index is 371. The molecule has 16 heavy (non-hydrogen) atoms. The number of hydrogen-bond donors (Lipinski definition) is 0. The first-order valence-corrected chi connectivity index (χ1v) is 6.84. The normalized spacial score (nSPS) is 41.0. The van der Waals surface area contributed by atoms with Gasteiger partial charge in [-0.1, -0.05) is 6.42 Å². The fourth-order valence-electron chi connectivity index (χ4n) is 3.93. The summed E-state index contributed by atoms with van der Waals surface area (Å²) in [5.41, 5.74) is 2.75. The number of aliphatic imine (C=N–C) groups is 1. The highest BCUT2D eigenvalue weighted by atomic mass is 15.5. The van der Waals surface area contributed by atoms with E-state index in [-0.39, 0.29) is 0 Å². The monoisotopic (exact) mass is 217 g/mol. The Balaban J connectivity index is 1.69. The summed E-state index contributed by atoms with van der Waals surface area (Å²) in [5.74, 6) is 1.67. The van der Waals surface area contributed by atoms with Crippen LogP contribution in [0.4, 0.5) is 0 Å². The molecule has 4 rings (SSSR count). The second-order valence-corrected chi connectivity index (χ2v) is 5.70. The molecule has 0 N–H and O–H groups in total. The fraction of sp³-hybridized carbons (Fsp3) is 0.846. The summed E-state index contributed by atoms with van der Waals surface area (Å²) in [6.45, 7) is 1.13. The van der Waals surface area contributed by atoms with Gasteiger partial charge in [0.25, 0.3) is 0 Å². The predicted molar refractivity (Wildman–Crippen MR) is 64.7 cm³/mol. The van der Waals surface area contributed by atoms with E-state index >= 15 is 0 Å². The highest BCUT2D eigenvalue weighted by Crippen LogP contribution is 2.43. The summed E-state index contributed by atoms with van der Waals surface area (Å²) in [4.78, 5) is 5.02. The van der Waals surface area contributed by atoms with E-state index in [2.05, 4.69) is 5.01 Å². The van der Waals surface area contributed by atoms with Gasteiger partial charge in [-0.25, -0.2) is 0 Å². The molecule has 0 spiro atoms. The lowest BCUT2D eigenvalue weighted by Gasteiger charge is -2.34. The zero-order valence-electron chi connectivity index (χ0n) is 9.73. The van der Waals surface area contributed by atoms with Gasteiger partial charge in [0.1, 0.15) is 6.17 Å². The number of hydrazone groups is 1. The molecule has 0 bridgehead atoms. The molecule has 2 aliphatic carbocycles. The van der Waals surface area contributed by atoms with Crippen LogP contribution in [-0.2, 0) is 0 Å². The smallest absolute Gasteiger partial charge is 0.137 e. The average molecular weight is 217 g/mol. The van der Waals surface area contributed by atoms with Crippen LogP contribution in [-0.4, -0.2) is 29.1 Å².